The molecule has 5 heteroatoms. The van der Waals surface area contributed by atoms with Gasteiger partial charge in [0.05, 0.1) is 0 Å². The van der Waals surface area contributed by atoms with Crippen molar-refractivity contribution >= 4 is 23.6 Å². The van der Waals surface area contributed by atoms with Crippen LogP contribution in [-0.4, -0.2) is 11.8 Å². The molecule has 0 radical (unpaired) electrons. The van der Waals surface area contributed by atoms with Crippen LogP contribution in [0.2, 0.25) is 0 Å². The zero-order valence-corrected chi connectivity index (χ0v) is 15.5. The van der Waals surface area contributed by atoms with Crippen LogP contribution < -0.4 is 11.1 Å². The van der Waals surface area contributed by atoms with Crippen molar-refractivity contribution in [3.8, 4) is 0 Å². The van der Waals surface area contributed by atoms with Crippen LogP contribution in [0.1, 0.15) is 26.7 Å². The van der Waals surface area contributed by atoms with Crippen LogP contribution >= 0.6 is 11.8 Å². The van der Waals surface area contributed by atoms with Gasteiger partial charge < -0.3 is 11.1 Å². The molecule has 0 aromatic heterocycles. The highest BCUT2D eigenvalue weighted by Crippen LogP contribution is 2.35. The number of benzene rings is 3. The fourth-order valence-electron chi connectivity index (χ4n) is 2.65. The standard InChI is InChI=1S/C22H20N2O2S/c23-21(25)18-11-7-8-16(14-18)15-24-22(26)20(17-9-3-1-4-10-17)27-19-12-5-2-6-13-19/h1-14,20H,15H2,(H2,23,25)(H,24,26). The molecule has 0 spiro atoms. The summed E-state index contributed by atoms with van der Waals surface area (Å²) in [6.07, 6.45) is 0. The SMILES string of the molecule is NC(=O)c1cccc(CNC(=O)C(Sc2ccccc2)c2ccccc2)c1. The number of nitrogens with two attached hydrogens (primary N) is 1. The highest BCUT2D eigenvalue weighted by Gasteiger charge is 2.21. The van der Waals surface area contributed by atoms with E-state index in [2.05, 4.69) is 5.32 Å². The van der Waals surface area contributed by atoms with E-state index in [0.29, 0.717) is 12.1 Å². The molecular weight excluding hydrogens is 356 g/mol. The Morgan fingerprint density at radius 1 is 0.889 bits per heavy atom. The maximum Gasteiger partial charge on any atom is 0.248 e. The number of amides is 2. The second-order valence-corrected chi connectivity index (χ2v) is 7.18. The van der Waals surface area contributed by atoms with Crippen LogP contribution in [0.15, 0.2) is 89.8 Å². The Bertz CT molecular complexity index is 914. The van der Waals surface area contributed by atoms with E-state index in [1.54, 1.807) is 18.2 Å². The highest BCUT2D eigenvalue weighted by molar-refractivity contribution is 8.00. The first-order chi connectivity index (χ1) is 13.1. The first-order valence-corrected chi connectivity index (χ1v) is 9.44. The summed E-state index contributed by atoms with van der Waals surface area (Å²) in [5, 5.41) is 2.60. The number of rotatable bonds is 7. The van der Waals surface area contributed by atoms with Gasteiger partial charge in [0, 0.05) is 17.0 Å². The average molecular weight is 376 g/mol. The van der Waals surface area contributed by atoms with E-state index in [1.807, 2.05) is 66.7 Å². The van der Waals surface area contributed by atoms with Gasteiger partial charge in [0.15, 0.2) is 0 Å². The van der Waals surface area contributed by atoms with Crippen molar-refractivity contribution in [2.45, 2.75) is 16.7 Å². The van der Waals surface area contributed by atoms with Gasteiger partial charge in [0.25, 0.3) is 0 Å². The second-order valence-electron chi connectivity index (χ2n) is 6.00. The predicted molar refractivity (Wildman–Crippen MR) is 108 cm³/mol. The van der Waals surface area contributed by atoms with Gasteiger partial charge in [0.1, 0.15) is 5.25 Å². The number of hydrogen-bond donors (Lipinski definition) is 2. The summed E-state index contributed by atoms with van der Waals surface area (Å²) in [6, 6.07) is 26.5. The lowest BCUT2D eigenvalue weighted by Crippen LogP contribution is -2.27. The quantitative estimate of drug-likeness (QED) is 0.614. The molecule has 3 rings (SSSR count). The number of nitrogens with one attached hydrogen (secondary N) is 1. The number of primary amides is 1. The summed E-state index contributed by atoms with van der Waals surface area (Å²) in [5.41, 5.74) is 7.52. The maximum atomic E-state index is 12.9. The third-order valence-corrected chi connectivity index (χ3v) is 5.28. The zero-order chi connectivity index (χ0) is 19.1. The fraction of sp³-hybridized carbons (Fsp3) is 0.0909. The summed E-state index contributed by atoms with van der Waals surface area (Å²) in [5.74, 6) is -0.565. The van der Waals surface area contributed by atoms with Gasteiger partial charge in [-0.25, -0.2) is 0 Å². The molecule has 27 heavy (non-hydrogen) atoms. The van der Waals surface area contributed by atoms with Gasteiger partial charge in [-0.15, -0.1) is 11.8 Å². The molecule has 1 atom stereocenters. The normalized spacial score (nSPS) is 11.6. The van der Waals surface area contributed by atoms with Crippen LogP contribution in [-0.2, 0) is 11.3 Å². The van der Waals surface area contributed by atoms with Crippen molar-refractivity contribution < 1.29 is 9.59 Å². The Kier molecular flexibility index (Phi) is 6.28. The molecule has 3 aromatic rings. The Morgan fingerprint density at radius 2 is 1.56 bits per heavy atom. The van der Waals surface area contributed by atoms with Crippen LogP contribution in [0, 0.1) is 0 Å². The summed E-state index contributed by atoms with van der Waals surface area (Å²) in [4.78, 5) is 25.3. The molecule has 4 nitrogen and oxygen atoms in total. The molecule has 0 saturated carbocycles. The molecule has 1 unspecified atom stereocenters. The van der Waals surface area contributed by atoms with Gasteiger partial charge in [-0.1, -0.05) is 60.7 Å². The molecular formula is C22H20N2O2S. The molecule has 0 saturated heterocycles. The molecule has 0 aliphatic carbocycles. The van der Waals surface area contributed by atoms with Gasteiger partial charge in [-0.05, 0) is 35.4 Å². The summed E-state index contributed by atoms with van der Waals surface area (Å²) < 4.78 is 0. The first kappa shape index (κ1) is 18.7. The van der Waals surface area contributed by atoms with Crippen LogP contribution in [0.25, 0.3) is 0 Å². The van der Waals surface area contributed by atoms with Crippen molar-refractivity contribution in [3.63, 3.8) is 0 Å². The van der Waals surface area contributed by atoms with Crippen molar-refractivity contribution in [2.24, 2.45) is 5.73 Å². The highest BCUT2D eigenvalue weighted by atomic mass is 32.2. The van der Waals surface area contributed by atoms with Gasteiger partial charge in [-0.2, -0.15) is 0 Å². The summed E-state index contributed by atoms with van der Waals surface area (Å²) >= 11 is 1.51. The van der Waals surface area contributed by atoms with Crippen LogP contribution in [0.5, 0.6) is 0 Å². The lowest BCUT2D eigenvalue weighted by molar-refractivity contribution is -0.120. The fourth-order valence-corrected chi connectivity index (χ4v) is 3.72. The Hall–Kier alpha value is -3.05. The molecule has 0 aliphatic rings. The molecule has 0 fully saturated rings. The van der Waals surface area contributed by atoms with Crippen molar-refractivity contribution in [3.05, 3.63) is 102 Å². The lowest BCUT2D eigenvalue weighted by atomic mass is 10.1. The number of carbonyl (C=O) groups excluding carboxylic acids is 2. The predicted octanol–water partition coefficient (Wildman–Crippen LogP) is 3.94. The molecule has 136 valence electrons. The van der Waals surface area contributed by atoms with Crippen molar-refractivity contribution in [2.75, 3.05) is 0 Å². The monoisotopic (exact) mass is 376 g/mol. The Morgan fingerprint density at radius 3 is 2.22 bits per heavy atom. The second kappa shape index (κ2) is 9.05. The van der Waals surface area contributed by atoms with Crippen molar-refractivity contribution in [1.29, 1.82) is 0 Å². The van der Waals surface area contributed by atoms with Gasteiger partial charge >= 0.3 is 0 Å². The van der Waals surface area contributed by atoms with E-state index in [9.17, 15) is 9.59 Å². The zero-order valence-electron chi connectivity index (χ0n) is 14.7. The minimum absolute atomic E-state index is 0.0838. The molecule has 3 aromatic carbocycles. The molecule has 0 heterocycles. The minimum Gasteiger partial charge on any atom is -0.366 e. The third kappa shape index (κ3) is 5.21. The number of thioether (sulfide) groups is 1. The number of hydrogen-bond acceptors (Lipinski definition) is 3. The van der Waals surface area contributed by atoms with E-state index < -0.39 is 5.91 Å². The van der Waals surface area contributed by atoms with E-state index in [-0.39, 0.29) is 11.2 Å². The number of carbonyl (C=O) groups is 2. The van der Waals surface area contributed by atoms with E-state index in [4.69, 9.17) is 5.73 Å². The maximum absolute atomic E-state index is 12.9. The average Bonchev–Trinajstić information content (AvgIpc) is 2.72. The Balaban J connectivity index is 1.75. The third-order valence-electron chi connectivity index (χ3n) is 4.02. The minimum atomic E-state index is -0.482. The first-order valence-electron chi connectivity index (χ1n) is 8.56. The van der Waals surface area contributed by atoms with E-state index >= 15 is 0 Å². The van der Waals surface area contributed by atoms with E-state index in [1.165, 1.54) is 11.8 Å². The smallest absolute Gasteiger partial charge is 0.248 e. The summed E-state index contributed by atoms with van der Waals surface area (Å²) in [7, 11) is 0. The van der Waals surface area contributed by atoms with Crippen molar-refractivity contribution in [1.82, 2.24) is 5.32 Å². The lowest BCUT2D eigenvalue weighted by Gasteiger charge is -2.17. The van der Waals surface area contributed by atoms with Gasteiger partial charge in [-0.3, -0.25) is 9.59 Å². The molecule has 2 amide bonds. The topological polar surface area (TPSA) is 72.2 Å². The van der Waals surface area contributed by atoms with E-state index in [0.717, 1.165) is 16.0 Å². The molecule has 0 aliphatic heterocycles. The Labute approximate surface area is 162 Å². The van der Waals surface area contributed by atoms with Crippen LogP contribution in [0.3, 0.4) is 0 Å². The van der Waals surface area contributed by atoms with Crippen LogP contribution in [0.4, 0.5) is 0 Å². The molecule has 3 N–H and O–H groups in total. The summed E-state index contributed by atoms with van der Waals surface area (Å²) in [6.45, 7) is 0.332. The molecule has 0 bridgehead atoms. The van der Waals surface area contributed by atoms with Gasteiger partial charge in [0.2, 0.25) is 11.8 Å². The largest absolute Gasteiger partial charge is 0.366 e.